The molecule has 9 nitrogen and oxygen atoms in total. The van der Waals surface area contributed by atoms with Gasteiger partial charge in [0.05, 0.1) is 12.9 Å². The molecule has 0 saturated carbocycles. The number of aliphatic hydroxyl groups excluding tert-OH is 2. The van der Waals surface area contributed by atoms with Crippen LogP contribution in [-0.4, -0.2) is 54.3 Å². The quantitative estimate of drug-likeness (QED) is 0.603. The minimum atomic E-state index is -1.79. The Balaban J connectivity index is 2.12. The van der Waals surface area contributed by atoms with Gasteiger partial charge in [-0.05, 0) is 0 Å². The lowest BCUT2D eigenvalue weighted by molar-refractivity contribution is -0.0459. The first-order valence-corrected chi connectivity index (χ1v) is 6.23. The minimum absolute atomic E-state index is 0.0180. The number of hydrogen-bond acceptors (Lipinski definition) is 7. The van der Waals surface area contributed by atoms with Gasteiger partial charge in [-0.2, -0.15) is 4.98 Å². The van der Waals surface area contributed by atoms with Crippen LogP contribution in [-0.2, 0) is 11.8 Å². The zero-order chi connectivity index (χ0) is 15.3. The topological polar surface area (TPSA) is 128 Å². The molecule has 0 amide bonds. The van der Waals surface area contributed by atoms with Crippen LogP contribution in [0.15, 0.2) is 11.1 Å². The van der Waals surface area contributed by atoms with Crippen LogP contribution in [0.5, 0.6) is 0 Å². The molecule has 3 rings (SSSR count). The molecule has 4 atom stereocenters. The van der Waals surface area contributed by atoms with Crippen molar-refractivity contribution in [1.29, 1.82) is 0 Å². The van der Waals surface area contributed by atoms with Gasteiger partial charge in [0.1, 0.15) is 12.2 Å². The van der Waals surface area contributed by atoms with Gasteiger partial charge in [-0.25, -0.2) is 9.37 Å². The Hall–Kier alpha value is -2.04. The summed E-state index contributed by atoms with van der Waals surface area (Å²) in [5, 5.41) is 18.7. The average Bonchev–Trinajstić information content (AvgIpc) is 2.99. The lowest BCUT2D eigenvalue weighted by Gasteiger charge is -2.15. The molecule has 3 heterocycles. The van der Waals surface area contributed by atoms with Crippen molar-refractivity contribution in [3.8, 4) is 0 Å². The van der Waals surface area contributed by atoms with E-state index >= 15 is 0 Å². The largest absolute Gasteiger partial charge is 0.394 e. The van der Waals surface area contributed by atoms with Gasteiger partial charge in [0.2, 0.25) is 5.95 Å². The van der Waals surface area contributed by atoms with E-state index in [2.05, 4.69) is 9.97 Å². The SMILES string of the molecule is Cn1c(N)nc2c(ncn2[C@@H]2O[C@H](CO)[C@@H](O)C2F)c1=O. The Morgan fingerprint density at radius 3 is 2.90 bits per heavy atom. The summed E-state index contributed by atoms with van der Waals surface area (Å²) in [6, 6.07) is 0. The molecular formula is C11H14FN5O4. The molecule has 0 aromatic carbocycles. The second kappa shape index (κ2) is 4.76. The van der Waals surface area contributed by atoms with Gasteiger partial charge in [0.15, 0.2) is 23.6 Å². The van der Waals surface area contributed by atoms with E-state index < -0.39 is 36.8 Å². The monoisotopic (exact) mass is 299 g/mol. The van der Waals surface area contributed by atoms with E-state index in [0.29, 0.717) is 0 Å². The Kier molecular flexibility index (Phi) is 3.15. The highest BCUT2D eigenvalue weighted by atomic mass is 19.1. The molecule has 1 aliphatic rings. The summed E-state index contributed by atoms with van der Waals surface area (Å²) in [4.78, 5) is 19.9. The van der Waals surface area contributed by atoms with Crippen LogP contribution in [0.4, 0.5) is 10.3 Å². The van der Waals surface area contributed by atoms with E-state index in [4.69, 9.17) is 15.6 Å². The highest BCUT2D eigenvalue weighted by Gasteiger charge is 2.45. The molecule has 0 spiro atoms. The zero-order valence-electron chi connectivity index (χ0n) is 11.0. The van der Waals surface area contributed by atoms with Crippen molar-refractivity contribution >= 4 is 17.1 Å². The Labute approximate surface area is 117 Å². The van der Waals surface area contributed by atoms with E-state index in [1.807, 2.05) is 0 Å². The summed E-state index contributed by atoms with van der Waals surface area (Å²) >= 11 is 0. The minimum Gasteiger partial charge on any atom is -0.394 e. The van der Waals surface area contributed by atoms with Crippen molar-refractivity contribution in [3.05, 3.63) is 16.7 Å². The summed E-state index contributed by atoms with van der Waals surface area (Å²) in [5.41, 5.74) is 5.23. The van der Waals surface area contributed by atoms with Crippen LogP contribution >= 0.6 is 0 Å². The molecule has 2 aromatic heterocycles. The number of imidazole rings is 1. The maximum absolute atomic E-state index is 14.1. The predicted octanol–water partition coefficient (Wildman–Crippen LogP) is -1.70. The van der Waals surface area contributed by atoms with Crippen molar-refractivity contribution < 1.29 is 19.3 Å². The zero-order valence-corrected chi connectivity index (χ0v) is 11.0. The van der Waals surface area contributed by atoms with Crippen LogP contribution in [0, 0.1) is 0 Å². The summed E-state index contributed by atoms with van der Waals surface area (Å²) in [6.07, 6.45) is -4.34. The molecule has 0 radical (unpaired) electrons. The molecule has 4 N–H and O–H groups in total. The number of halogens is 1. The predicted molar refractivity (Wildman–Crippen MR) is 69.1 cm³/mol. The lowest BCUT2D eigenvalue weighted by atomic mass is 10.1. The normalized spacial score (nSPS) is 29.3. The summed E-state index contributed by atoms with van der Waals surface area (Å²) in [5.74, 6) is -0.0538. The standard InChI is InChI=1S/C11H14FN5O4/c1-16-9(20)6-8(15-11(16)13)17(3-14-6)10-5(12)7(19)4(2-18)21-10/h3-5,7,10,18-19H,2H2,1H3,(H2,13,15)/t4-,5?,7-,10-/m1/s1. The van der Waals surface area contributed by atoms with Crippen LogP contribution in [0.2, 0.25) is 0 Å². The molecule has 0 aliphatic carbocycles. The van der Waals surface area contributed by atoms with Crippen LogP contribution < -0.4 is 11.3 Å². The summed E-state index contributed by atoms with van der Waals surface area (Å²) < 4.78 is 21.7. The maximum atomic E-state index is 14.1. The molecule has 1 aliphatic heterocycles. The van der Waals surface area contributed by atoms with Gasteiger partial charge in [-0.1, -0.05) is 0 Å². The highest BCUT2D eigenvalue weighted by Crippen LogP contribution is 2.33. The number of fused-ring (bicyclic) bond motifs is 1. The molecule has 1 saturated heterocycles. The van der Waals surface area contributed by atoms with Crippen LogP contribution in [0.3, 0.4) is 0 Å². The molecule has 2 aromatic rings. The molecule has 10 heteroatoms. The van der Waals surface area contributed by atoms with Crippen molar-refractivity contribution in [2.75, 3.05) is 12.3 Å². The van der Waals surface area contributed by atoms with Crippen molar-refractivity contribution in [1.82, 2.24) is 19.1 Å². The fourth-order valence-corrected chi connectivity index (χ4v) is 2.33. The number of hydrogen-bond donors (Lipinski definition) is 3. The third-order valence-electron chi connectivity index (χ3n) is 3.59. The third kappa shape index (κ3) is 1.91. The van der Waals surface area contributed by atoms with E-state index in [0.717, 1.165) is 4.57 Å². The van der Waals surface area contributed by atoms with Crippen LogP contribution in [0.1, 0.15) is 6.23 Å². The second-order valence-electron chi connectivity index (χ2n) is 4.84. The molecular weight excluding hydrogens is 285 g/mol. The average molecular weight is 299 g/mol. The number of nitrogens with two attached hydrogens (primary N) is 1. The maximum Gasteiger partial charge on any atom is 0.282 e. The van der Waals surface area contributed by atoms with Gasteiger partial charge in [-0.3, -0.25) is 13.9 Å². The van der Waals surface area contributed by atoms with Crippen LogP contribution in [0.25, 0.3) is 11.2 Å². The lowest BCUT2D eigenvalue weighted by Crippen LogP contribution is -2.30. The van der Waals surface area contributed by atoms with Crippen molar-refractivity contribution in [2.45, 2.75) is 24.6 Å². The number of ether oxygens (including phenoxy) is 1. The molecule has 21 heavy (non-hydrogen) atoms. The van der Waals surface area contributed by atoms with Gasteiger partial charge >= 0.3 is 0 Å². The summed E-state index contributed by atoms with van der Waals surface area (Å²) in [6.45, 7) is -0.526. The van der Waals surface area contributed by atoms with E-state index in [9.17, 15) is 14.3 Å². The molecule has 0 bridgehead atoms. The van der Waals surface area contributed by atoms with Gasteiger partial charge in [0.25, 0.3) is 5.56 Å². The van der Waals surface area contributed by atoms with Gasteiger partial charge in [0, 0.05) is 7.05 Å². The first-order valence-electron chi connectivity index (χ1n) is 6.23. The van der Waals surface area contributed by atoms with Crippen molar-refractivity contribution in [3.63, 3.8) is 0 Å². The number of aliphatic hydroxyl groups is 2. The fourth-order valence-electron chi connectivity index (χ4n) is 2.33. The van der Waals surface area contributed by atoms with Crippen molar-refractivity contribution in [2.24, 2.45) is 7.05 Å². The van der Waals surface area contributed by atoms with E-state index in [1.165, 1.54) is 17.9 Å². The first-order chi connectivity index (χ1) is 9.95. The number of alkyl halides is 1. The second-order valence-corrected chi connectivity index (χ2v) is 4.84. The summed E-state index contributed by atoms with van der Waals surface area (Å²) in [7, 11) is 1.44. The first kappa shape index (κ1) is 13.9. The molecule has 1 unspecified atom stereocenters. The van der Waals surface area contributed by atoms with Gasteiger partial charge in [-0.15, -0.1) is 0 Å². The number of nitrogens with zero attached hydrogens (tertiary/aromatic N) is 4. The molecule has 1 fully saturated rings. The fraction of sp³-hybridized carbons (Fsp3) is 0.545. The molecule has 114 valence electrons. The number of anilines is 1. The number of nitrogen functional groups attached to an aromatic ring is 1. The highest BCUT2D eigenvalue weighted by molar-refractivity contribution is 5.71. The Morgan fingerprint density at radius 1 is 1.57 bits per heavy atom. The van der Waals surface area contributed by atoms with E-state index in [1.54, 1.807) is 0 Å². The number of rotatable bonds is 2. The smallest absolute Gasteiger partial charge is 0.282 e. The Bertz CT molecular complexity index is 744. The third-order valence-corrected chi connectivity index (χ3v) is 3.59. The van der Waals surface area contributed by atoms with Gasteiger partial charge < -0.3 is 20.7 Å². The number of aromatic nitrogens is 4. The van der Waals surface area contributed by atoms with E-state index in [-0.39, 0.29) is 17.1 Å². The Morgan fingerprint density at radius 2 is 2.29 bits per heavy atom.